The fraction of sp³-hybridized carbons (Fsp3) is 0.556. The maximum atomic E-state index is 12.9. The quantitative estimate of drug-likeness (QED) is 0.609. The molecule has 2 heterocycles. The van der Waals surface area contributed by atoms with E-state index in [-0.39, 0.29) is 17.7 Å². The van der Waals surface area contributed by atoms with E-state index >= 15 is 0 Å². The smallest absolute Gasteiger partial charge is 0.240 e. The maximum absolute atomic E-state index is 12.9. The van der Waals surface area contributed by atoms with Crippen LogP contribution in [-0.4, -0.2) is 51.4 Å². The van der Waals surface area contributed by atoms with Gasteiger partial charge in [-0.3, -0.25) is 0 Å². The molecule has 2 aromatic rings. The molecule has 2 saturated carbocycles. The number of piperidine rings is 1. The van der Waals surface area contributed by atoms with Crippen LogP contribution in [-0.2, 0) is 10.0 Å². The van der Waals surface area contributed by atoms with Crippen LogP contribution in [0.4, 0.5) is 0 Å². The van der Waals surface area contributed by atoms with E-state index in [0.717, 1.165) is 57.4 Å². The number of nitrogens with zero attached hydrogens (tertiary/aromatic N) is 1. The van der Waals surface area contributed by atoms with Crippen LogP contribution in [0, 0.1) is 0 Å². The molecule has 0 bridgehead atoms. The van der Waals surface area contributed by atoms with Gasteiger partial charge in [-0.1, -0.05) is 18.2 Å². The first-order valence-corrected chi connectivity index (χ1v) is 14.4. The van der Waals surface area contributed by atoms with Crippen molar-refractivity contribution in [3.63, 3.8) is 0 Å². The van der Waals surface area contributed by atoms with Crippen molar-refractivity contribution in [3.8, 4) is 17.2 Å². The molecule has 6 rings (SSSR count). The van der Waals surface area contributed by atoms with Gasteiger partial charge in [-0.15, -0.1) is 0 Å². The van der Waals surface area contributed by atoms with Crippen molar-refractivity contribution in [1.29, 1.82) is 0 Å². The molecule has 0 radical (unpaired) electrons. The molecule has 3 fully saturated rings. The van der Waals surface area contributed by atoms with Crippen molar-refractivity contribution >= 4 is 10.0 Å². The lowest BCUT2D eigenvalue weighted by molar-refractivity contribution is 0.115. The third-order valence-corrected chi connectivity index (χ3v) is 9.41. The highest BCUT2D eigenvalue weighted by atomic mass is 32.2. The molecular formula is C27H34N2O5S. The Morgan fingerprint density at radius 1 is 0.857 bits per heavy atom. The summed E-state index contributed by atoms with van der Waals surface area (Å²) in [5.74, 6) is 2.73. The Labute approximate surface area is 207 Å². The second-order valence-corrected chi connectivity index (χ2v) is 12.0. The largest absolute Gasteiger partial charge is 0.490 e. The van der Waals surface area contributed by atoms with Crippen molar-refractivity contribution < 1.29 is 22.6 Å². The summed E-state index contributed by atoms with van der Waals surface area (Å²) in [4.78, 5) is 2.86. The summed E-state index contributed by atoms with van der Waals surface area (Å²) >= 11 is 0. The zero-order chi connectivity index (χ0) is 23.8. The van der Waals surface area contributed by atoms with Crippen LogP contribution < -0.4 is 18.9 Å². The predicted octanol–water partition coefficient (Wildman–Crippen LogP) is 4.43. The average molecular weight is 499 g/mol. The van der Waals surface area contributed by atoms with Gasteiger partial charge < -0.3 is 19.1 Å². The summed E-state index contributed by atoms with van der Waals surface area (Å²) < 4.78 is 45.6. The van der Waals surface area contributed by atoms with Crippen molar-refractivity contribution in [2.45, 2.75) is 80.4 Å². The SMILES string of the molecule is O=S(=O)(NC1CCC(N2CCC(c3ccccc3OC3CC3)CC2)CC1)c1ccc2c(c1)OCO2. The molecule has 2 aliphatic carbocycles. The minimum Gasteiger partial charge on any atom is -0.490 e. The first kappa shape index (κ1) is 23.1. The molecule has 188 valence electrons. The van der Waals surface area contributed by atoms with Crippen LogP contribution in [0.15, 0.2) is 47.4 Å². The highest BCUT2D eigenvalue weighted by molar-refractivity contribution is 7.89. The standard InChI is InChI=1S/C27H34N2O5S/c30-35(31,23-11-12-26-27(17-23)33-18-32-26)28-20-5-7-21(8-6-20)29-15-13-19(14-16-29)24-3-1-2-4-25(24)34-22-9-10-22/h1-4,11-12,17,19-22,28H,5-10,13-16,18H2. The average Bonchev–Trinajstić information content (AvgIpc) is 3.57. The van der Waals surface area contributed by atoms with E-state index in [1.165, 1.54) is 18.4 Å². The summed E-state index contributed by atoms with van der Waals surface area (Å²) in [6, 6.07) is 13.9. The Bertz CT molecular complexity index is 1150. The number of likely N-dealkylation sites (tertiary alicyclic amines) is 1. The second-order valence-electron chi connectivity index (χ2n) is 10.3. The van der Waals surface area contributed by atoms with Crippen LogP contribution in [0.3, 0.4) is 0 Å². The second kappa shape index (κ2) is 9.64. The number of ether oxygens (including phenoxy) is 3. The first-order valence-electron chi connectivity index (χ1n) is 13.0. The van der Waals surface area contributed by atoms with Crippen molar-refractivity contribution in [1.82, 2.24) is 9.62 Å². The Balaban J connectivity index is 1.00. The molecule has 2 aromatic carbocycles. The molecule has 2 aliphatic heterocycles. The van der Waals surface area contributed by atoms with Crippen LogP contribution in [0.5, 0.6) is 17.2 Å². The van der Waals surface area contributed by atoms with Crippen molar-refractivity contribution in [2.75, 3.05) is 19.9 Å². The normalized spacial score (nSPS) is 25.5. The van der Waals surface area contributed by atoms with Crippen molar-refractivity contribution in [3.05, 3.63) is 48.0 Å². The molecule has 0 atom stereocenters. The van der Waals surface area contributed by atoms with Crippen LogP contribution in [0.25, 0.3) is 0 Å². The molecule has 8 heteroatoms. The Morgan fingerprint density at radius 3 is 2.37 bits per heavy atom. The summed E-state index contributed by atoms with van der Waals surface area (Å²) in [5, 5.41) is 0. The van der Waals surface area contributed by atoms with Gasteiger partial charge >= 0.3 is 0 Å². The van der Waals surface area contributed by atoms with Gasteiger partial charge in [0.2, 0.25) is 16.8 Å². The van der Waals surface area contributed by atoms with Gasteiger partial charge in [0.05, 0.1) is 11.0 Å². The summed E-state index contributed by atoms with van der Waals surface area (Å²) in [6.07, 6.45) is 8.89. The molecule has 35 heavy (non-hydrogen) atoms. The van der Waals surface area contributed by atoms with E-state index < -0.39 is 10.0 Å². The summed E-state index contributed by atoms with van der Waals surface area (Å²) in [5.41, 5.74) is 1.38. The van der Waals surface area contributed by atoms with Gasteiger partial charge in [0.15, 0.2) is 11.5 Å². The number of hydrogen-bond acceptors (Lipinski definition) is 6. The van der Waals surface area contributed by atoms with Gasteiger partial charge in [0.25, 0.3) is 0 Å². The van der Waals surface area contributed by atoms with Crippen LogP contribution in [0.2, 0.25) is 0 Å². The third-order valence-electron chi connectivity index (χ3n) is 7.90. The van der Waals surface area contributed by atoms with E-state index in [4.69, 9.17) is 14.2 Å². The molecule has 1 N–H and O–H groups in total. The van der Waals surface area contributed by atoms with E-state index in [2.05, 4.69) is 33.9 Å². The number of hydrogen-bond donors (Lipinski definition) is 1. The van der Waals surface area contributed by atoms with E-state index in [1.807, 2.05) is 0 Å². The van der Waals surface area contributed by atoms with Crippen LogP contribution >= 0.6 is 0 Å². The van der Waals surface area contributed by atoms with E-state index in [1.54, 1.807) is 18.2 Å². The third kappa shape index (κ3) is 5.15. The Morgan fingerprint density at radius 2 is 1.60 bits per heavy atom. The molecule has 0 spiro atoms. The Hall–Kier alpha value is -2.29. The first-order chi connectivity index (χ1) is 17.0. The number of fused-ring (bicyclic) bond motifs is 1. The number of nitrogens with one attached hydrogen (secondary N) is 1. The molecular weight excluding hydrogens is 464 g/mol. The highest BCUT2D eigenvalue weighted by Gasteiger charge is 2.33. The number of sulfonamides is 1. The molecule has 0 amide bonds. The topological polar surface area (TPSA) is 77.1 Å². The monoisotopic (exact) mass is 498 g/mol. The molecule has 1 saturated heterocycles. The Kier molecular flexibility index (Phi) is 6.37. The molecule has 0 aromatic heterocycles. The van der Waals surface area contributed by atoms with Gasteiger partial charge in [-0.05, 0) is 94.1 Å². The molecule has 7 nitrogen and oxygen atoms in total. The fourth-order valence-electron chi connectivity index (χ4n) is 5.76. The van der Waals surface area contributed by atoms with E-state index in [9.17, 15) is 8.42 Å². The van der Waals surface area contributed by atoms with E-state index in [0.29, 0.717) is 29.6 Å². The number of para-hydroxylation sites is 1. The maximum Gasteiger partial charge on any atom is 0.240 e. The van der Waals surface area contributed by atoms with Gasteiger partial charge in [-0.2, -0.15) is 0 Å². The number of benzene rings is 2. The summed E-state index contributed by atoms with van der Waals surface area (Å²) in [6.45, 7) is 2.33. The predicted molar refractivity (Wildman–Crippen MR) is 133 cm³/mol. The van der Waals surface area contributed by atoms with Gasteiger partial charge in [0, 0.05) is 18.2 Å². The lowest BCUT2D eigenvalue weighted by Gasteiger charge is -2.41. The molecule has 4 aliphatic rings. The summed E-state index contributed by atoms with van der Waals surface area (Å²) in [7, 11) is -3.58. The zero-order valence-electron chi connectivity index (χ0n) is 20.0. The zero-order valence-corrected chi connectivity index (χ0v) is 20.8. The minimum absolute atomic E-state index is 0.0225. The molecule has 0 unspecified atom stereocenters. The number of rotatable bonds is 7. The van der Waals surface area contributed by atoms with Gasteiger partial charge in [0.1, 0.15) is 5.75 Å². The van der Waals surface area contributed by atoms with Crippen LogP contribution in [0.1, 0.15) is 62.8 Å². The lowest BCUT2D eigenvalue weighted by Crippen LogP contribution is -2.46. The lowest BCUT2D eigenvalue weighted by atomic mass is 9.85. The minimum atomic E-state index is -3.58. The van der Waals surface area contributed by atoms with Gasteiger partial charge in [-0.25, -0.2) is 13.1 Å². The van der Waals surface area contributed by atoms with Crippen molar-refractivity contribution in [2.24, 2.45) is 0 Å². The highest BCUT2D eigenvalue weighted by Crippen LogP contribution is 2.39. The fourth-order valence-corrected chi connectivity index (χ4v) is 7.08.